The second-order valence-electron chi connectivity index (χ2n) is 6.20. The Morgan fingerprint density at radius 3 is 2.65 bits per heavy atom. The number of hydrogen-bond donors (Lipinski definition) is 0. The lowest BCUT2D eigenvalue weighted by Crippen LogP contribution is -2.18. The summed E-state index contributed by atoms with van der Waals surface area (Å²) in [5.41, 5.74) is 2.92. The topological polar surface area (TPSA) is 47.5 Å². The molecule has 1 aliphatic rings. The molecule has 3 heterocycles. The number of anilines is 1. The molecule has 0 unspecified atom stereocenters. The fraction of sp³-hybridized carbons (Fsp3) is 0.300. The lowest BCUT2D eigenvalue weighted by molar-refractivity contribution is 0.404. The van der Waals surface area contributed by atoms with Crippen LogP contribution in [0.25, 0.3) is 21.8 Å². The SMILES string of the molecule is COc1ccc(OC)c(-c2csc(-c3ccnc(N4CCCC4)c3)n2)c1. The summed E-state index contributed by atoms with van der Waals surface area (Å²) in [6, 6.07) is 9.91. The normalized spacial score (nSPS) is 13.8. The third-order valence-electron chi connectivity index (χ3n) is 4.61. The Morgan fingerprint density at radius 2 is 1.88 bits per heavy atom. The van der Waals surface area contributed by atoms with Gasteiger partial charge in [0.15, 0.2) is 0 Å². The molecule has 1 fully saturated rings. The lowest BCUT2D eigenvalue weighted by atomic mass is 10.1. The zero-order valence-electron chi connectivity index (χ0n) is 14.9. The smallest absolute Gasteiger partial charge is 0.129 e. The molecule has 1 aromatic carbocycles. The van der Waals surface area contributed by atoms with E-state index in [1.807, 2.05) is 30.5 Å². The first-order valence-corrected chi connectivity index (χ1v) is 9.56. The Labute approximate surface area is 157 Å². The van der Waals surface area contributed by atoms with E-state index in [2.05, 4.69) is 21.3 Å². The first-order valence-electron chi connectivity index (χ1n) is 8.68. The Kier molecular flexibility index (Phi) is 4.75. The van der Waals surface area contributed by atoms with Crippen LogP contribution >= 0.6 is 11.3 Å². The number of pyridine rings is 1. The van der Waals surface area contributed by atoms with Crippen molar-refractivity contribution >= 4 is 17.2 Å². The zero-order chi connectivity index (χ0) is 17.9. The summed E-state index contributed by atoms with van der Waals surface area (Å²) in [6.45, 7) is 2.17. The number of methoxy groups -OCH3 is 2. The molecular weight excluding hydrogens is 346 g/mol. The molecule has 134 valence electrons. The molecule has 4 rings (SSSR count). The van der Waals surface area contributed by atoms with Gasteiger partial charge in [0.25, 0.3) is 0 Å². The molecule has 2 aromatic heterocycles. The van der Waals surface area contributed by atoms with E-state index in [-0.39, 0.29) is 0 Å². The Balaban J connectivity index is 1.67. The van der Waals surface area contributed by atoms with Crippen molar-refractivity contribution in [1.29, 1.82) is 0 Å². The van der Waals surface area contributed by atoms with Crippen molar-refractivity contribution in [3.8, 4) is 33.3 Å². The molecule has 0 aliphatic carbocycles. The van der Waals surface area contributed by atoms with E-state index in [1.165, 1.54) is 12.8 Å². The summed E-state index contributed by atoms with van der Waals surface area (Å²) in [6.07, 6.45) is 4.35. The molecule has 5 nitrogen and oxygen atoms in total. The quantitative estimate of drug-likeness (QED) is 0.665. The standard InChI is InChI=1S/C20H21N3O2S/c1-24-15-5-6-18(25-2)16(12-15)17-13-26-20(22-17)14-7-8-21-19(11-14)23-9-3-4-10-23/h5-8,11-13H,3-4,9-10H2,1-2H3. The number of hydrogen-bond acceptors (Lipinski definition) is 6. The van der Waals surface area contributed by atoms with Crippen LogP contribution in [-0.4, -0.2) is 37.3 Å². The average molecular weight is 367 g/mol. The Morgan fingerprint density at radius 1 is 1.04 bits per heavy atom. The summed E-state index contributed by atoms with van der Waals surface area (Å²) in [5.74, 6) is 2.61. The van der Waals surface area contributed by atoms with Crippen LogP contribution in [0.2, 0.25) is 0 Å². The molecule has 0 spiro atoms. The van der Waals surface area contributed by atoms with Crippen LogP contribution in [0.15, 0.2) is 41.9 Å². The van der Waals surface area contributed by atoms with Crippen LogP contribution in [0.4, 0.5) is 5.82 Å². The molecule has 0 bridgehead atoms. The summed E-state index contributed by atoms with van der Waals surface area (Å²) in [5, 5.41) is 3.04. The molecular formula is C20H21N3O2S. The highest BCUT2D eigenvalue weighted by atomic mass is 32.1. The maximum absolute atomic E-state index is 5.49. The van der Waals surface area contributed by atoms with Crippen LogP contribution in [0.3, 0.4) is 0 Å². The zero-order valence-corrected chi connectivity index (χ0v) is 15.8. The largest absolute Gasteiger partial charge is 0.497 e. The van der Waals surface area contributed by atoms with Gasteiger partial charge in [0.2, 0.25) is 0 Å². The van der Waals surface area contributed by atoms with E-state index in [0.29, 0.717) is 0 Å². The van der Waals surface area contributed by atoms with Gasteiger partial charge in [-0.2, -0.15) is 0 Å². The van der Waals surface area contributed by atoms with Crippen molar-refractivity contribution in [3.05, 3.63) is 41.9 Å². The number of nitrogens with zero attached hydrogens (tertiary/aromatic N) is 3. The minimum atomic E-state index is 0.787. The number of rotatable bonds is 5. The molecule has 6 heteroatoms. The van der Waals surface area contributed by atoms with Gasteiger partial charge < -0.3 is 14.4 Å². The molecule has 0 N–H and O–H groups in total. The highest BCUT2D eigenvalue weighted by molar-refractivity contribution is 7.13. The van der Waals surface area contributed by atoms with Gasteiger partial charge in [-0.05, 0) is 43.2 Å². The molecule has 0 radical (unpaired) electrons. The minimum Gasteiger partial charge on any atom is -0.497 e. The number of ether oxygens (including phenoxy) is 2. The molecule has 1 aliphatic heterocycles. The summed E-state index contributed by atoms with van der Waals surface area (Å²) >= 11 is 1.63. The van der Waals surface area contributed by atoms with E-state index in [4.69, 9.17) is 14.5 Å². The third kappa shape index (κ3) is 3.24. The van der Waals surface area contributed by atoms with Crippen molar-refractivity contribution < 1.29 is 9.47 Å². The van der Waals surface area contributed by atoms with Crippen LogP contribution in [0, 0.1) is 0 Å². The molecule has 3 aromatic rings. The minimum absolute atomic E-state index is 0.787. The summed E-state index contributed by atoms with van der Waals surface area (Å²) < 4.78 is 10.8. The van der Waals surface area contributed by atoms with Crippen LogP contribution in [-0.2, 0) is 0 Å². The first kappa shape index (κ1) is 16.8. The Bertz CT molecular complexity index is 904. The van der Waals surface area contributed by atoms with Crippen molar-refractivity contribution in [2.75, 3.05) is 32.2 Å². The van der Waals surface area contributed by atoms with Gasteiger partial charge in [0.05, 0.1) is 19.9 Å². The van der Waals surface area contributed by atoms with Gasteiger partial charge in [-0.1, -0.05) is 0 Å². The maximum atomic E-state index is 5.49. The first-order chi connectivity index (χ1) is 12.8. The second kappa shape index (κ2) is 7.33. The van der Waals surface area contributed by atoms with Gasteiger partial charge in [-0.25, -0.2) is 9.97 Å². The monoisotopic (exact) mass is 367 g/mol. The van der Waals surface area contributed by atoms with Gasteiger partial charge in [0, 0.05) is 35.8 Å². The van der Waals surface area contributed by atoms with Gasteiger partial charge >= 0.3 is 0 Å². The molecule has 0 atom stereocenters. The molecule has 26 heavy (non-hydrogen) atoms. The predicted molar refractivity (Wildman–Crippen MR) is 105 cm³/mol. The fourth-order valence-electron chi connectivity index (χ4n) is 3.21. The average Bonchev–Trinajstić information content (AvgIpc) is 3.39. The molecule has 0 saturated carbocycles. The summed E-state index contributed by atoms with van der Waals surface area (Å²) in [7, 11) is 3.33. The van der Waals surface area contributed by atoms with Crippen molar-refractivity contribution in [2.45, 2.75) is 12.8 Å². The van der Waals surface area contributed by atoms with E-state index in [1.54, 1.807) is 25.6 Å². The van der Waals surface area contributed by atoms with Crippen LogP contribution in [0.5, 0.6) is 11.5 Å². The van der Waals surface area contributed by atoms with Gasteiger partial charge in [0.1, 0.15) is 22.3 Å². The van der Waals surface area contributed by atoms with Gasteiger partial charge in [-0.3, -0.25) is 0 Å². The van der Waals surface area contributed by atoms with Crippen molar-refractivity contribution in [3.63, 3.8) is 0 Å². The van der Waals surface area contributed by atoms with E-state index < -0.39 is 0 Å². The number of thiazole rings is 1. The van der Waals surface area contributed by atoms with Crippen molar-refractivity contribution in [2.24, 2.45) is 0 Å². The number of benzene rings is 1. The third-order valence-corrected chi connectivity index (χ3v) is 5.50. The van der Waals surface area contributed by atoms with E-state index in [9.17, 15) is 0 Å². The lowest BCUT2D eigenvalue weighted by Gasteiger charge is -2.16. The Hall–Kier alpha value is -2.60. The maximum Gasteiger partial charge on any atom is 0.129 e. The highest BCUT2D eigenvalue weighted by Gasteiger charge is 2.16. The van der Waals surface area contributed by atoms with Crippen LogP contribution < -0.4 is 14.4 Å². The highest BCUT2D eigenvalue weighted by Crippen LogP contribution is 2.36. The molecule has 0 amide bonds. The number of aromatic nitrogens is 2. The van der Waals surface area contributed by atoms with Crippen molar-refractivity contribution in [1.82, 2.24) is 9.97 Å². The van der Waals surface area contributed by atoms with E-state index in [0.717, 1.165) is 52.2 Å². The fourth-order valence-corrected chi connectivity index (χ4v) is 4.03. The van der Waals surface area contributed by atoms with Crippen LogP contribution in [0.1, 0.15) is 12.8 Å². The summed E-state index contributed by atoms with van der Waals surface area (Å²) in [4.78, 5) is 11.7. The second-order valence-corrected chi connectivity index (χ2v) is 7.06. The molecule has 1 saturated heterocycles. The predicted octanol–water partition coefficient (Wildman–Crippen LogP) is 4.49. The van der Waals surface area contributed by atoms with Gasteiger partial charge in [-0.15, -0.1) is 11.3 Å². The van der Waals surface area contributed by atoms with E-state index >= 15 is 0 Å².